The lowest BCUT2D eigenvalue weighted by Gasteiger charge is -2.27. The maximum absolute atomic E-state index is 9.40. The summed E-state index contributed by atoms with van der Waals surface area (Å²) >= 11 is 0. The number of hydrogen-bond donors (Lipinski definition) is 3. The zero-order valence-electron chi connectivity index (χ0n) is 16.9. The molecule has 29 heavy (non-hydrogen) atoms. The van der Waals surface area contributed by atoms with Gasteiger partial charge in [0.1, 0.15) is 0 Å². The molecule has 2 aromatic rings. The average molecular weight is 510 g/mol. The normalized spacial score (nSPS) is 18.9. The van der Waals surface area contributed by atoms with E-state index in [2.05, 4.69) is 40.7 Å². The molecule has 0 spiro atoms. The van der Waals surface area contributed by atoms with E-state index in [1.165, 1.54) is 0 Å². The lowest BCUT2D eigenvalue weighted by atomic mass is 9.84. The number of nitrogens with one attached hydrogen (secondary N) is 2. The SMILES string of the molecule is CCNC(=NCc1cccc(-c2ccccn2)c1)NCC1(CCO)CCOC1.I. The van der Waals surface area contributed by atoms with Gasteiger partial charge in [-0.05, 0) is 43.5 Å². The van der Waals surface area contributed by atoms with E-state index in [9.17, 15) is 5.11 Å². The van der Waals surface area contributed by atoms with Crippen LogP contribution in [-0.4, -0.2) is 49.0 Å². The molecule has 1 fully saturated rings. The Bertz CT molecular complexity index is 764. The van der Waals surface area contributed by atoms with Crippen molar-refractivity contribution < 1.29 is 9.84 Å². The Kier molecular flexibility index (Phi) is 9.83. The van der Waals surface area contributed by atoms with Crippen LogP contribution in [0.25, 0.3) is 11.3 Å². The third-order valence-corrected chi connectivity index (χ3v) is 5.11. The summed E-state index contributed by atoms with van der Waals surface area (Å²) in [5.41, 5.74) is 3.18. The van der Waals surface area contributed by atoms with Crippen LogP contribution in [0.4, 0.5) is 0 Å². The van der Waals surface area contributed by atoms with Crippen LogP contribution in [0.2, 0.25) is 0 Å². The van der Waals surface area contributed by atoms with Crippen molar-refractivity contribution in [2.75, 3.05) is 32.9 Å². The van der Waals surface area contributed by atoms with Crippen LogP contribution >= 0.6 is 24.0 Å². The third-order valence-electron chi connectivity index (χ3n) is 5.11. The lowest BCUT2D eigenvalue weighted by molar-refractivity contribution is 0.127. The van der Waals surface area contributed by atoms with Crippen LogP contribution < -0.4 is 10.6 Å². The Morgan fingerprint density at radius 3 is 2.83 bits per heavy atom. The van der Waals surface area contributed by atoms with Crippen LogP contribution in [0.15, 0.2) is 53.7 Å². The standard InChI is InChI=1S/C22H30N4O2.HI/c1-2-23-21(26-16-22(9-12-27)10-13-28-17-22)25-15-18-6-5-7-19(14-18)20-8-3-4-11-24-20;/h3-8,11,14,27H,2,9-10,12-13,15-17H2,1H3,(H2,23,25,26);1H. The molecule has 7 heteroatoms. The Hall–Kier alpha value is -1.71. The number of guanidine groups is 1. The molecule has 2 heterocycles. The summed E-state index contributed by atoms with van der Waals surface area (Å²) in [6.45, 7) is 5.80. The molecule has 1 aromatic carbocycles. The van der Waals surface area contributed by atoms with Crippen LogP contribution in [-0.2, 0) is 11.3 Å². The Morgan fingerprint density at radius 2 is 2.14 bits per heavy atom. The van der Waals surface area contributed by atoms with Crippen molar-refractivity contribution in [1.29, 1.82) is 0 Å². The fourth-order valence-corrected chi connectivity index (χ4v) is 3.46. The number of benzene rings is 1. The monoisotopic (exact) mass is 510 g/mol. The van der Waals surface area contributed by atoms with Crippen molar-refractivity contribution in [1.82, 2.24) is 15.6 Å². The average Bonchev–Trinajstić information content (AvgIpc) is 3.20. The van der Waals surface area contributed by atoms with Crippen molar-refractivity contribution >= 4 is 29.9 Å². The zero-order valence-corrected chi connectivity index (χ0v) is 19.3. The molecule has 1 unspecified atom stereocenters. The van der Waals surface area contributed by atoms with E-state index in [0.717, 1.165) is 55.3 Å². The van der Waals surface area contributed by atoms with Gasteiger partial charge in [0.05, 0.1) is 18.8 Å². The van der Waals surface area contributed by atoms with Gasteiger partial charge in [-0.3, -0.25) is 4.98 Å². The van der Waals surface area contributed by atoms with Gasteiger partial charge in [0, 0.05) is 43.5 Å². The molecular formula is C22H31IN4O2. The van der Waals surface area contributed by atoms with E-state index < -0.39 is 0 Å². The van der Waals surface area contributed by atoms with E-state index >= 15 is 0 Å². The maximum Gasteiger partial charge on any atom is 0.191 e. The van der Waals surface area contributed by atoms with Gasteiger partial charge in [0.25, 0.3) is 0 Å². The van der Waals surface area contributed by atoms with Crippen molar-refractivity contribution in [2.24, 2.45) is 10.4 Å². The van der Waals surface area contributed by atoms with Gasteiger partial charge in [-0.1, -0.05) is 24.3 Å². The Morgan fingerprint density at radius 1 is 1.24 bits per heavy atom. The van der Waals surface area contributed by atoms with Gasteiger partial charge < -0.3 is 20.5 Å². The van der Waals surface area contributed by atoms with Crippen molar-refractivity contribution in [3.05, 3.63) is 54.2 Å². The molecule has 1 aliphatic rings. The molecule has 1 aromatic heterocycles. The summed E-state index contributed by atoms with van der Waals surface area (Å²) in [7, 11) is 0. The summed E-state index contributed by atoms with van der Waals surface area (Å²) in [5.74, 6) is 0.787. The van der Waals surface area contributed by atoms with Crippen LogP contribution in [0.1, 0.15) is 25.3 Å². The molecule has 0 radical (unpaired) electrons. The highest BCUT2D eigenvalue weighted by atomic mass is 127. The molecule has 1 atom stereocenters. The number of halogens is 1. The maximum atomic E-state index is 9.40. The molecule has 0 saturated carbocycles. The fraction of sp³-hybridized carbons (Fsp3) is 0.455. The highest BCUT2D eigenvalue weighted by Crippen LogP contribution is 2.31. The van der Waals surface area contributed by atoms with Crippen LogP contribution in [0.5, 0.6) is 0 Å². The predicted molar refractivity (Wildman–Crippen MR) is 127 cm³/mol. The van der Waals surface area contributed by atoms with Gasteiger partial charge in [-0.15, -0.1) is 24.0 Å². The molecule has 158 valence electrons. The van der Waals surface area contributed by atoms with Gasteiger partial charge in [0.2, 0.25) is 0 Å². The summed E-state index contributed by atoms with van der Waals surface area (Å²) in [6, 6.07) is 14.3. The number of aliphatic hydroxyl groups excluding tert-OH is 1. The topological polar surface area (TPSA) is 78.8 Å². The number of aromatic nitrogens is 1. The van der Waals surface area contributed by atoms with Crippen molar-refractivity contribution in [2.45, 2.75) is 26.3 Å². The summed E-state index contributed by atoms with van der Waals surface area (Å²) in [5, 5.41) is 16.1. The molecule has 6 nitrogen and oxygen atoms in total. The van der Waals surface area contributed by atoms with E-state index in [1.54, 1.807) is 0 Å². The molecule has 1 aliphatic heterocycles. The minimum absolute atomic E-state index is 0. The van der Waals surface area contributed by atoms with Crippen LogP contribution in [0.3, 0.4) is 0 Å². The summed E-state index contributed by atoms with van der Waals surface area (Å²) in [6.07, 6.45) is 3.51. The largest absolute Gasteiger partial charge is 0.396 e. The van der Waals surface area contributed by atoms with Gasteiger partial charge >= 0.3 is 0 Å². The number of rotatable bonds is 8. The van der Waals surface area contributed by atoms with E-state index in [-0.39, 0.29) is 36.0 Å². The molecule has 0 amide bonds. The first-order valence-corrected chi connectivity index (χ1v) is 9.96. The fourth-order valence-electron chi connectivity index (χ4n) is 3.46. The first kappa shape index (κ1) is 23.6. The second kappa shape index (κ2) is 12.1. The second-order valence-corrected chi connectivity index (χ2v) is 7.24. The van der Waals surface area contributed by atoms with Crippen molar-refractivity contribution in [3.8, 4) is 11.3 Å². The molecular weight excluding hydrogens is 479 g/mol. The first-order chi connectivity index (χ1) is 13.7. The second-order valence-electron chi connectivity index (χ2n) is 7.24. The van der Waals surface area contributed by atoms with Gasteiger partial charge in [0.15, 0.2) is 5.96 Å². The molecule has 3 rings (SSSR count). The lowest BCUT2D eigenvalue weighted by Crippen LogP contribution is -2.44. The number of ether oxygens (including phenoxy) is 1. The number of aliphatic hydroxyl groups is 1. The predicted octanol–water partition coefficient (Wildman–Crippen LogP) is 3.21. The quantitative estimate of drug-likeness (QED) is 0.289. The summed E-state index contributed by atoms with van der Waals surface area (Å²) < 4.78 is 5.57. The highest BCUT2D eigenvalue weighted by Gasteiger charge is 2.34. The zero-order chi connectivity index (χ0) is 19.7. The molecule has 3 N–H and O–H groups in total. The first-order valence-electron chi connectivity index (χ1n) is 9.96. The number of nitrogens with zero attached hydrogens (tertiary/aromatic N) is 2. The minimum atomic E-state index is -0.0101. The molecule has 1 saturated heterocycles. The van der Waals surface area contributed by atoms with Crippen molar-refractivity contribution in [3.63, 3.8) is 0 Å². The highest BCUT2D eigenvalue weighted by molar-refractivity contribution is 14.0. The van der Waals surface area contributed by atoms with E-state index in [4.69, 9.17) is 9.73 Å². The van der Waals surface area contributed by atoms with Gasteiger partial charge in [-0.2, -0.15) is 0 Å². The number of aliphatic imine (C=N–C) groups is 1. The third kappa shape index (κ3) is 6.94. The van der Waals surface area contributed by atoms with Gasteiger partial charge in [-0.25, -0.2) is 4.99 Å². The smallest absolute Gasteiger partial charge is 0.191 e. The number of hydrogen-bond acceptors (Lipinski definition) is 4. The Labute approximate surface area is 190 Å². The van der Waals surface area contributed by atoms with E-state index in [0.29, 0.717) is 13.2 Å². The van der Waals surface area contributed by atoms with E-state index in [1.807, 2.05) is 30.5 Å². The number of pyridine rings is 1. The summed E-state index contributed by atoms with van der Waals surface area (Å²) in [4.78, 5) is 9.16. The minimum Gasteiger partial charge on any atom is -0.396 e. The Balaban J connectivity index is 0.00000300. The molecule has 0 bridgehead atoms. The van der Waals surface area contributed by atoms with Crippen LogP contribution in [0, 0.1) is 5.41 Å². The molecule has 0 aliphatic carbocycles.